The Labute approximate surface area is 258 Å². The maximum absolute atomic E-state index is 13.4. The van der Waals surface area contributed by atoms with Crippen molar-refractivity contribution in [3.05, 3.63) is 83.4 Å². The van der Waals surface area contributed by atoms with Crippen molar-refractivity contribution in [1.82, 2.24) is 4.90 Å². The van der Waals surface area contributed by atoms with Gasteiger partial charge in [0.15, 0.2) is 13.2 Å². The summed E-state index contributed by atoms with van der Waals surface area (Å²) in [6.45, 7) is 1.93. The number of benzene rings is 3. The molecular formula is C32H31N3O10. The topological polar surface area (TPSA) is 167 Å². The third-order valence-corrected chi connectivity index (χ3v) is 6.75. The number of fused-ring (bicyclic) bond motifs is 1. The summed E-state index contributed by atoms with van der Waals surface area (Å²) < 4.78 is 20.7. The second kappa shape index (κ2) is 14.2. The zero-order chi connectivity index (χ0) is 32.7. The molecule has 2 N–H and O–H groups in total. The predicted octanol–water partition coefficient (Wildman–Crippen LogP) is 3.30. The average Bonchev–Trinajstić information content (AvgIpc) is 3.27. The van der Waals surface area contributed by atoms with E-state index in [1.807, 2.05) is 0 Å². The second-order valence-corrected chi connectivity index (χ2v) is 10.1. The number of esters is 2. The predicted molar refractivity (Wildman–Crippen MR) is 160 cm³/mol. The Morgan fingerprint density at radius 2 is 1.22 bits per heavy atom. The van der Waals surface area contributed by atoms with Gasteiger partial charge in [-0.15, -0.1) is 0 Å². The number of methoxy groups -OCH3 is 2. The molecule has 234 valence electrons. The van der Waals surface area contributed by atoms with Crippen molar-refractivity contribution in [2.45, 2.75) is 19.9 Å². The number of carbonyl (C=O) groups is 6. The van der Waals surface area contributed by atoms with Crippen LogP contribution in [0.25, 0.3) is 0 Å². The third kappa shape index (κ3) is 7.26. The van der Waals surface area contributed by atoms with E-state index in [4.69, 9.17) is 18.9 Å². The minimum atomic E-state index is -1.36. The van der Waals surface area contributed by atoms with Gasteiger partial charge in [0.05, 0.1) is 42.3 Å². The fraction of sp³-hybridized carbons (Fsp3) is 0.250. The van der Waals surface area contributed by atoms with Crippen LogP contribution in [0.3, 0.4) is 0 Å². The molecule has 1 unspecified atom stereocenters. The number of imide groups is 1. The lowest BCUT2D eigenvalue weighted by Crippen LogP contribution is -2.49. The smallest absolute Gasteiger partial charge is 0.338 e. The Balaban J connectivity index is 1.40. The highest BCUT2D eigenvalue weighted by Gasteiger charge is 2.45. The summed E-state index contributed by atoms with van der Waals surface area (Å²) in [6.07, 6.45) is 0. The van der Waals surface area contributed by atoms with Gasteiger partial charge in [-0.25, -0.2) is 9.59 Å². The SMILES string of the molecule is COc1ccccc1NC(=O)COC(=O)c1ccc2c(c1)C(=O)N(C(C(=O)OCC(=O)Nc1ccccc1OC)C(C)C)C2=O. The number of carbonyl (C=O) groups excluding carboxylic acids is 6. The molecule has 1 atom stereocenters. The summed E-state index contributed by atoms with van der Waals surface area (Å²) >= 11 is 0. The number of nitrogens with one attached hydrogen (secondary N) is 2. The van der Waals surface area contributed by atoms with Crippen LogP contribution in [0.2, 0.25) is 0 Å². The Morgan fingerprint density at radius 1 is 0.711 bits per heavy atom. The molecule has 13 heteroatoms. The first-order chi connectivity index (χ1) is 21.5. The lowest BCUT2D eigenvalue weighted by molar-refractivity contribution is -0.152. The molecule has 1 heterocycles. The zero-order valence-corrected chi connectivity index (χ0v) is 24.9. The second-order valence-electron chi connectivity index (χ2n) is 10.1. The van der Waals surface area contributed by atoms with Crippen LogP contribution in [0.5, 0.6) is 11.5 Å². The number of nitrogens with zero attached hydrogens (tertiary/aromatic N) is 1. The van der Waals surface area contributed by atoms with Gasteiger partial charge in [-0.05, 0) is 48.4 Å². The molecule has 13 nitrogen and oxygen atoms in total. The minimum Gasteiger partial charge on any atom is -0.495 e. The van der Waals surface area contributed by atoms with Crippen molar-refractivity contribution in [1.29, 1.82) is 0 Å². The quantitative estimate of drug-likeness (QED) is 0.227. The van der Waals surface area contributed by atoms with E-state index < -0.39 is 60.7 Å². The molecule has 0 fully saturated rings. The van der Waals surface area contributed by atoms with Gasteiger partial charge in [0.25, 0.3) is 23.6 Å². The monoisotopic (exact) mass is 617 g/mol. The molecule has 45 heavy (non-hydrogen) atoms. The highest BCUT2D eigenvalue weighted by Crippen LogP contribution is 2.29. The van der Waals surface area contributed by atoms with Gasteiger partial charge in [0, 0.05) is 0 Å². The third-order valence-electron chi connectivity index (χ3n) is 6.75. The number of hydrogen-bond donors (Lipinski definition) is 2. The minimum absolute atomic E-state index is 0.0298. The van der Waals surface area contributed by atoms with Gasteiger partial charge in [-0.2, -0.15) is 0 Å². The van der Waals surface area contributed by atoms with Crippen molar-refractivity contribution < 1.29 is 47.7 Å². The zero-order valence-electron chi connectivity index (χ0n) is 24.9. The van der Waals surface area contributed by atoms with E-state index in [9.17, 15) is 28.8 Å². The molecule has 3 aromatic carbocycles. The van der Waals surface area contributed by atoms with E-state index in [0.717, 1.165) is 4.90 Å². The molecule has 0 bridgehead atoms. The summed E-state index contributed by atoms with van der Waals surface area (Å²) in [5.74, 6) is -4.50. The number of amides is 4. The van der Waals surface area contributed by atoms with Crippen LogP contribution in [0.1, 0.15) is 44.9 Å². The van der Waals surface area contributed by atoms with Crippen LogP contribution in [-0.2, 0) is 23.9 Å². The van der Waals surface area contributed by atoms with Crippen molar-refractivity contribution in [2.75, 3.05) is 38.1 Å². The first-order valence-corrected chi connectivity index (χ1v) is 13.8. The largest absolute Gasteiger partial charge is 0.495 e. The summed E-state index contributed by atoms with van der Waals surface area (Å²) in [4.78, 5) is 78.0. The van der Waals surface area contributed by atoms with Gasteiger partial charge in [-0.3, -0.25) is 24.1 Å². The van der Waals surface area contributed by atoms with Gasteiger partial charge in [0.2, 0.25) is 0 Å². The molecule has 0 saturated heterocycles. The first-order valence-electron chi connectivity index (χ1n) is 13.8. The van der Waals surface area contributed by atoms with Crippen molar-refractivity contribution >= 4 is 46.9 Å². The molecular weight excluding hydrogens is 586 g/mol. The average molecular weight is 618 g/mol. The van der Waals surface area contributed by atoms with Crippen LogP contribution in [0.4, 0.5) is 11.4 Å². The highest BCUT2D eigenvalue weighted by atomic mass is 16.5. The molecule has 0 aliphatic carbocycles. The standard InChI is InChI=1S/C32H31N3O10/c1-18(2)28(32(41)45-17-27(37)34-23-10-6-8-12-25(23)43-4)35-29(38)20-14-13-19(15-21(20)30(35)39)31(40)44-16-26(36)33-22-9-5-7-11-24(22)42-3/h5-15,18,28H,16-17H2,1-4H3,(H,33,36)(H,34,37). The van der Waals surface area contributed by atoms with Crippen molar-refractivity contribution in [3.8, 4) is 11.5 Å². The number of anilines is 2. The normalized spacial score (nSPS) is 12.7. The molecule has 3 aromatic rings. The van der Waals surface area contributed by atoms with Crippen molar-refractivity contribution in [3.63, 3.8) is 0 Å². The molecule has 0 saturated carbocycles. The van der Waals surface area contributed by atoms with E-state index in [1.54, 1.807) is 62.4 Å². The van der Waals surface area contributed by atoms with Crippen LogP contribution in [0, 0.1) is 5.92 Å². The molecule has 1 aliphatic heterocycles. The van der Waals surface area contributed by atoms with Crippen LogP contribution in [0.15, 0.2) is 66.7 Å². The van der Waals surface area contributed by atoms with Gasteiger partial charge >= 0.3 is 11.9 Å². The molecule has 0 radical (unpaired) electrons. The maximum Gasteiger partial charge on any atom is 0.338 e. The van der Waals surface area contributed by atoms with E-state index in [1.165, 1.54) is 32.4 Å². The van der Waals surface area contributed by atoms with Crippen LogP contribution < -0.4 is 20.1 Å². The van der Waals surface area contributed by atoms with E-state index >= 15 is 0 Å². The maximum atomic E-state index is 13.4. The van der Waals surface area contributed by atoms with Gasteiger partial charge < -0.3 is 29.6 Å². The Hall–Kier alpha value is -5.72. The lowest BCUT2D eigenvalue weighted by Gasteiger charge is -2.27. The summed E-state index contributed by atoms with van der Waals surface area (Å²) in [6, 6.07) is 15.7. The number of ether oxygens (including phenoxy) is 4. The van der Waals surface area contributed by atoms with E-state index in [-0.39, 0.29) is 16.7 Å². The lowest BCUT2D eigenvalue weighted by atomic mass is 10.0. The van der Waals surface area contributed by atoms with Gasteiger partial charge in [0.1, 0.15) is 17.5 Å². The van der Waals surface area contributed by atoms with E-state index in [2.05, 4.69) is 10.6 Å². The fourth-order valence-corrected chi connectivity index (χ4v) is 4.62. The number of para-hydroxylation sites is 4. The first kappa shape index (κ1) is 32.2. The fourth-order valence-electron chi connectivity index (χ4n) is 4.62. The molecule has 4 amide bonds. The molecule has 0 aromatic heterocycles. The van der Waals surface area contributed by atoms with Crippen LogP contribution in [-0.4, -0.2) is 73.9 Å². The van der Waals surface area contributed by atoms with Gasteiger partial charge in [-0.1, -0.05) is 38.1 Å². The molecule has 0 spiro atoms. The van der Waals surface area contributed by atoms with E-state index in [0.29, 0.717) is 22.9 Å². The Morgan fingerprint density at radius 3 is 1.76 bits per heavy atom. The molecule has 1 aliphatic rings. The molecule has 4 rings (SSSR count). The summed E-state index contributed by atoms with van der Waals surface area (Å²) in [5.41, 5.74) is 0.517. The highest BCUT2D eigenvalue weighted by molar-refractivity contribution is 6.23. The summed E-state index contributed by atoms with van der Waals surface area (Å²) in [7, 11) is 2.89. The van der Waals surface area contributed by atoms with Crippen molar-refractivity contribution in [2.24, 2.45) is 5.92 Å². The Kier molecular flexibility index (Phi) is 10.1. The Bertz CT molecular complexity index is 1650. The number of rotatable bonds is 12. The van der Waals surface area contributed by atoms with Crippen LogP contribution >= 0.6 is 0 Å². The number of hydrogen-bond acceptors (Lipinski definition) is 10. The summed E-state index contributed by atoms with van der Waals surface area (Å²) in [5, 5.41) is 5.15.